The van der Waals surface area contributed by atoms with Gasteiger partial charge in [0.2, 0.25) is 0 Å². The number of nitro benzene ring substituents is 1. The predicted octanol–water partition coefficient (Wildman–Crippen LogP) is 3.34. The number of aromatic nitrogens is 2. The summed E-state index contributed by atoms with van der Waals surface area (Å²) in [4.78, 5) is 28.2. The second-order valence-electron chi connectivity index (χ2n) is 5.92. The van der Waals surface area contributed by atoms with Crippen LogP contribution in [0.15, 0.2) is 28.8 Å². The molecule has 138 valence electrons. The van der Waals surface area contributed by atoms with Crippen LogP contribution >= 0.6 is 11.3 Å². The number of aryl methyl sites for hydroxylation is 1. The lowest BCUT2D eigenvalue weighted by Crippen LogP contribution is -2.12. The number of rotatable bonds is 4. The molecule has 0 radical (unpaired) electrons. The van der Waals surface area contributed by atoms with E-state index in [1.165, 1.54) is 35.6 Å². The normalized spacial score (nSPS) is 13.2. The fourth-order valence-electron chi connectivity index (χ4n) is 2.86. The van der Waals surface area contributed by atoms with Crippen molar-refractivity contribution in [2.45, 2.75) is 20.0 Å². The minimum absolute atomic E-state index is 0.0719. The third kappa shape index (κ3) is 3.32. The summed E-state index contributed by atoms with van der Waals surface area (Å²) in [6.45, 7) is 2.77. The largest absolute Gasteiger partial charge is 0.376 e. The summed E-state index contributed by atoms with van der Waals surface area (Å²) in [6, 6.07) is 5.43. The number of nitrogens with zero attached hydrogens (tertiary/aromatic N) is 3. The van der Waals surface area contributed by atoms with E-state index in [0.717, 1.165) is 10.4 Å². The van der Waals surface area contributed by atoms with E-state index >= 15 is 0 Å². The van der Waals surface area contributed by atoms with Crippen LogP contribution in [0.25, 0.3) is 11.5 Å². The first kappa shape index (κ1) is 17.3. The van der Waals surface area contributed by atoms with E-state index in [2.05, 4.69) is 15.5 Å². The molecule has 1 N–H and O–H groups in total. The molecule has 1 amide bonds. The third-order valence-electron chi connectivity index (χ3n) is 4.13. The van der Waals surface area contributed by atoms with Gasteiger partial charge in [-0.05, 0) is 31.0 Å². The van der Waals surface area contributed by atoms with Gasteiger partial charge in [-0.2, -0.15) is 4.98 Å². The smallest absolute Gasteiger partial charge is 0.269 e. The molecule has 0 aliphatic carbocycles. The monoisotopic (exact) mass is 386 g/mol. The van der Waals surface area contributed by atoms with E-state index in [1.807, 2.05) is 0 Å². The molecule has 0 saturated carbocycles. The Morgan fingerprint density at radius 3 is 2.78 bits per heavy atom. The highest BCUT2D eigenvalue weighted by atomic mass is 32.1. The highest BCUT2D eigenvalue weighted by Crippen LogP contribution is 2.42. The number of carbonyl (C=O) groups excluding carboxylic acids is 1. The zero-order valence-electron chi connectivity index (χ0n) is 14.2. The average molecular weight is 386 g/mol. The average Bonchev–Trinajstić information content (AvgIpc) is 3.24. The summed E-state index contributed by atoms with van der Waals surface area (Å²) >= 11 is 1.40. The number of fused-ring (bicyclic) bond motifs is 1. The van der Waals surface area contributed by atoms with Gasteiger partial charge < -0.3 is 14.6 Å². The third-order valence-corrected chi connectivity index (χ3v) is 5.25. The van der Waals surface area contributed by atoms with Gasteiger partial charge in [0.15, 0.2) is 5.82 Å². The van der Waals surface area contributed by atoms with Crippen LogP contribution in [0.3, 0.4) is 0 Å². The summed E-state index contributed by atoms with van der Waals surface area (Å²) in [7, 11) is 0. The van der Waals surface area contributed by atoms with Crippen LogP contribution in [0.5, 0.6) is 0 Å². The van der Waals surface area contributed by atoms with Gasteiger partial charge in [-0.1, -0.05) is 5.16 Å². The van der Waals surface area contributed by atoms with E-state index in [-0.39, 0.29) is 11.6 Å². The zero-order valence-corrected chi connectivity index (χ0v) is 15.0. The zero-order chi connectivity index (χ0) is 19.0. The van der Waals surface area contributed by atoms with E-state index in [0.29, 0.717) is 47.5 Å². The number of hydrogen-bond acceptors (Lipinski definition) is 8. The minimum Gasteiger partial charge on any atom is -0.376 e. The molecule has 0 fully saturated rings. The molecule has 9 nitrogen and oxygen atoms in total. The summed E-state index contributed by atoms with van der Waals surface area (Å²) in [5.74, 6) is 0.484. The summed E-state index contributed by atoms with van der Waals surface area (Å²) < 4.78 is 10.8. The van der Waals surface area contributed by atoms with Crippen molar-refractivity contribution in [1.82, 2.24) is 10.1 Å². The maximum absolute atomic E-state index is 12.6. The lowest BCUT2D eigenvalue weighted by molar-refractivity contribution is -0.384. The Hall–Kier alpha value is -3.11. The Labute approximate surface area is 157 Å². The van der Waals surface area contributed by atoms with Crippen LogP contribution in [0.2, 0.25) is 0 Å². The molecule has 0 spiro atoms. The molecule has 2 aromatic heterocycles. The number of nitrogens with one attached hydrogen (secondary N) is 1. The fraction of sp³-hybridized carbons (Fsp3) is 0.235. The Kier molecular flexibility index (Phi) is 4.42. The lowest BCUT2D eigenvalue weighted by atomic mass is 10.1. The molecule has 1 aliphatic heterocycles. The van der Waals surface area contributed by atoms with Crippen LogP contribution in [0.1, 0.15) is 26.6 Å². The predicted molar refractivity (Wildman–Crippen MR) is 96.8 cm³/mol. The second kappa shape index (κ2) is 6.89. The number of benzene rings is 1. The van der Waals surface area contributed by atoms with Gasteiger partial charge in [0.05, 0.1) is 23.7 Å². The van der Waals surface area contributed by atoms with Crippen molar-refractivity contribution < 1.29 is 19.0 Å². The Bertz CT molecular complexity index is 1020. The molecule has 0 atom stereocenters. The number of anilines is 1. The Morgan fingerprint density at radius 1 is 1.33 bits per heavy atom. The number of thiophene rings is 1. The molecule has 4 rings (SSSR count). The van der Waals surface area contributed by atoms with Gasteiger partial charge in [0.25, 0.3) is 17.5 Å². The van der Waals surface area contributed by atoms with E-state index in [1.54, 1.807) is 6.92 Å². The number of amides is 1. The van der Waals surface area contributed by atoms with Crippen molar-refractivity contribution in [3.63, 3.8) is 0 Å². The molecule has 3 heterocycles. The first-order chi connectivity index (χ1) is 13.0. The SMILES string of the molecule is Cc1noc(-c2c(NC(=O)c3ccc([N+](=O)[O-])cc3)sc3c2CCOC3)n1. The van der Waals surface area contributed by atoms with Gasteiger partial charge in [0, 0.05) is 22.6 Å². The summed E-state index contributed by atoms with van der Waals surface area (Å²) in [5.41, 5.74) is 2.00. The standard InChI is InChI=1S/C17H14N4O5S/c1-9-18-16(26-20-9)14-12-6-7-25-8-13(12)27-17(14)19-15(22)10-2-4-11(5-3-10)21(23)24/h2-5H,6-8H2,1H3,(H,19,22). The van der Waals surface area contributed by atoms with Crippen molar-refractivity contribution in [1.29, 1.82) is 0 Å². The topological polar surface area (TPSA) is 120 Å². The van der Waals surface area contributed by atoms with Gasteiger partial charge in [-0.25, -0.2) is 0 Å². The van der Waals surface area contributed by atoms with Crippen LogP contribution in [0, 0.1) is 17.0 Å². The number of non-ortho nitro benzene ring substituents is 1. The van der Waals surface area contributed by atoms with Gasteiger partial charge in [-0.15, -0.1) is 11.3 Å². The highest BCUT2D eigenvalue weighted by molar-refractivity contribution is 7.17. The first-order valence-corrected chi connectivity index (χ1v) is 8.93. The molecule has 10 heteroatoms. The number of hydrogen-bond donors (Lipinski definition) is 1. The van der Waals surface area contributed by atoms with Crippen LogP contribution in [0.4, 0.5) is 10.7 Å². The maximum atomic E-state index is 12.6. The quantitative estimate of drug-likeness (QED) is 0.539. The van der Waals surface area contributed by atoms with Crippen LogP contribution < -0.4 is 5.32 Å². The van der Waals surface area contributed by atoms with Crippen molar-refractivity contribution in [2.75, 3.05) is 11.9 Å². The summed E-state index contributed by atoms with van der Waals surface area (Å²) in [6.07, 6.45) is 0.690. The lowest BCUT2D eigenvalue weighted by Gasteiger charge is -2.12. The molecular weight excluding hydrogens is 372 g/mol. The molecule has 0 saturated heterocycles. The van der Waals surface area contributed by atoms with E-state index < -0.39 is 4.92 Å². The molecule has 3 aromatic rings. The fourth-order valence-corrected chi connectivity index (χ4v) is 4.03. The van der Waals surface area contributed by atoms with Crippen molar-refractivity contribution in [3.8, 4) is 11.5 Å². The molecule has 0 bridgehead atoms. The second-order valence-corrected chi connectivity index (χ2v) is 7.02. The van der Waals surface area contributed by atoms with E-state index in [4.69, 9.17) is 9.26 Å². The number of ether oxygens (including phenoxy) is 1. The van der Waals surface area contributed by atoms with Gasteiger partial charge in [0.1, 0.15) is 5.00 Å². The Balaban J connectivity index is 1.68. The number of nitro groups is 1. The summed E-state index contributed by atoms with van der Waals surface area (Å²) in [5, 5.41) is 18.1. The molecule has 1 aromatic carbocycles. The molecule has 27 heavy (non-hydrogen) atoms. The molecule has 0 unspecified atom stereocenters. The van der Waals surface area contributed by atoms with Crippen LogP contribution in [-0.4, -0.2) is 27.6 Å². The Morgan fingerprint density at radius 2 is 2.11 bits per heavy atom. The van der Waals surface area contributed by atoms with Gasteiger partial charge in [-0.3, -0.25) is 14.9 Å². The van der Waals surface area contributed by atoms with Crippen molar-refractivity contribution in [2.24, 2.45) is 0 Å². The van der Waals surface area contributed by atoms with E-state index in [9.17, 15) is 14.9 Å². The molecular formula is C17H14N4O5S. The molecule has 1 aliphatic rings. The van der Waals surface area contributed by atoms with Crippen LogP contribution in [-0.2, 0) is 17.8 Å². The van der Waals surface area contributed by atoms with Crippen molar-refractivity contribution in [3.05, 3.63) is 56.2 Å². The maximum Gasteiger partial charge on any atom is 0.269 e. The van der Waals surface area contributed by atoms with Crippen molar-refractivity contribution >= 4 is 27.9 Å². The highest BCUT2D eigenvalue weighted by Gasteiger charge is 2.27. The number of carbonyl (C=O) groups is 1. The first-order valence-electron chi connectivity index (χ1n) is 8.11. The van der Waals surface area contributed by atoms with Gasteiger partial charge >= 0.3 is 0 Å². The minimum atomic E-state index is -0.509.